The average molecular weight is 437 g/mol. The number of ether oxygens (including phenoxy) is 1. The van der Waals surface area contributed by atoms with Gasteiger partial charge in [0.2, 0.25) is 5.88 Å². The van der Waals surface area contributed by atoms with E-state index in [2.05, 4.69) is 19.9 Å². The molecule has 168 valence electrons. The third-order valence-corrected chi connectivity index (χ3v) is 6.17. The Hall–Kier alpha value is -3.30. The first-order chi connectivity index (χ1) is 15.6. The smallest absolute Gasteiger partial charge is 0.320 e. The third kappa shape index (κ3) is 3.85. The first kappa shape index (κ1) is 20.6. The van der Waals surface area contributed by atoms with Crippen molar-refractivity contribution in [3.63, 3.8) is 0 Å². The highest BCUT2D eigenvalue weighted by Crippen LogP contribution is 2.29. The van der Waals surface area contributed by atoms with E-state index >= 15 is 0 Å². The molecule has 2 fully saturated rings. The van der Waals surface area contributed by atoms with Crippen molar-refractivity contribution in [2.75, 3.05) is 26.2 Å². The van der Waals surface area contributed by atoms with Gasteiger partial charge in [0.15, 0.2) is 11.2 Å². The summed E-state index contributed by atoms with van der Waals surface area (Å²) in [5.74, 6) is 1.90. The summed E-state index contributed by atoms with van der Waals surface area (Å²) in [4.78, 5) is 38.9. The number of likely N-dealkylation sites (tertiary alicyclic amines) is 2. The highest BCUT2D eigenvalue weighted by atomic mass is 16.5. The van der Waals surface area contributed by atoms with Gasteiger partial charge < -0.3 is 19.1 Å². The Morgan fingerprint density at radius 1 is 1.06 bits per heavy atom. The number of amides is 2. The average Bonchev–Trinajstić information content (AvgIpc) is 3.45. The van der Waals surface area contributed by atoms with Gasteiger partial charge in [-0.2, -0.15) is 4.98 Å². The maximum atomic E-state index is 12.8. The summed E-state index contributed by atoms with van der Waals surface area (Å²) in [6.07, 6.45) is 9.10. The quantitative estimate of drug-likeness (QED) is 0.619. The van der Waals surface area contributed by atoms with Crippen molar-refractivity contribution in [1.82, 2.24) is 39.3 Å². The van der Waals surface area contributed by atoms with Gasteiger partial charge in [-0.3, -0.25) is 0 Å². The standard InChI is InChI=1S/C22H28N8O2/c1-3-30-19(16-11-23-15(2)24-12-16)27-18-20(30)25-14-26-21(18)32-17-7-10-29(13-17)22(31)28-8-5-4-6-9-28/h11-12,14,17H,3-10,13H2,1-2H3/t17-/m0/s1. The van der Waals surface area contributed by atoms with E-state index in [1.165, 1.54) is 12.7 Å². The van der Waals surface area contributed by atoms with Crippen molar-refractivity contribution in [3.05, 3.63) is 24.5 Å². The van der Waals surface area contributed by atoms with Crippen molar-refractivity contribution in [1.29, 1.82) is 0 Å². The minimum absolute atomic E-state index is 0.111. The predicted octanol–water partition coefficient (Wildman–Crippen LogP) is 2.67. The highest BCUT2D eigenvalue weighted by molar-refractivity contribution is 5.81. The Bertz CT molecular complexity index is 1110. The molecule has 1 atom stereocenters. The summed E-state index contributed by atoms with van der Waals surface area (Å²) in [7, 11) is 0. The predicted molar refractivity (Wildman–Crippen MR) is 118 cm³/mol. The molecule has 0 N–H and O–H groups in total. The van der Waals surface area contributed by atoms with Gasteiger partial charge in [-0.15, -0.1) is 0 Å². The largest absolute Gasteiger partial charge is 0.471 e. The van der Waals surface area contributed by atoms with Crippen LogP contribution in [0.1, 0.15) is 38.4 Å². The van der Waals surface area contributed by atoms with Crippen molar-refractivity contribution in [3.8, 4) is 17.3 Å². The number of carbonyl (C=O) groups excluding carboxylic acids is 1. The number of rotatable bonds is 4. The molecule has 0 unspecified atom stereocenters. The number of carbonyl (C=O) groups is 1. The molecule has 10 nitrogen and oxygen atoms in total. The molecule has 2 aliphatic heterocycles. The third-order valence-electron chi connectivity index (χ3n) is 6.17. The van der Waals surface area contributed by atoms with Crippen molar-refractivity contribution in [2.45, 2.75) is 52.2 Å². The number of urea groups is 1. The molecule has 0 saturated carbocycles. The van der Waals surface area contributed by atoms with Crippen LogP contribution in [0.15, 0.2) is 18.7 Å². The number of hydrogen-bond acceptors (Lipinski definition) is 7. The lowest BCUT2D eigenvalue weighted by Crippen LogP contribution is -2.45. The molecule has 2 amide bonds. The molecule has 0 spiro atoms. The van der Waals surface area contributed by atoms with Crippen LogP contribution in [0.25, 0.3) is 22.6 Å². The number of aryl methyl sites for hydroxylation is 2. The van der Waals surface area contributed by atoms with E-state index in [1.54, 1.807) is 12.4 Å². The molecule has 5 rings (SSSR count). The normalized spacial score (nSPS) is 19.0. The molecule has 2 saturated heterocycles. The van der Waals surface area contributed by atoms with Crippen LogP contribution in [0.3, 0.4) is 0 Å². The van der Waals surface area contributed by atoms with Crippen LogP contribution in [-0.4, -0.2) is 77.6 Å². The van der Waals surface area contributed by atoms with E-state index in [9.17, 15) is 4.79 Å². The number of nitrogens with zero attached hydrogens (tertiary/aromatic N) is 8. The van der Waals surface area contributed by atoms with Crippen molar-refractivity contribution >= 4 is 17.2 Å². The van der Waals surface area contributed by atoms with Crippen LogP contribution in [0.5, 0.6) is 5.88 Å². The SMILES string of the molecule is CCn1c(-c2cnc(C)nc2)nc2c(O[C@H]3CCN(C(=O)N4CCCCC4)C3)ncnc21. The number of fused-ring (bicyclic) bond motifs is 1. The van der Waals surface area contributed by atoms with E-state index in [4.69, 9.17) is 9.72 Å². The molecule has 0 aliphatic carbocycles. The summed E-state index contributed by atoms with van der Waals surface area (Å²) in [6.45, 7) is 7.56. The minimum atomic E-state index is -0.111. The molecule has 10 heteroatoms. The molecule has 2 aliphatic rings. The van der Waals surface area contributed by atoms with E-state index in [0.29, 0.717) is 42.5 Å². The second-order valence-electron chi connectivity index (χ2n) is 8.35. The zero-order chi connectivity index (χ0) is 22.1. The highest BCUT2D eigenvalue weighted by Gasteiger charge is 2.32. The van der Waals surface area contributed by atoms with Gasteiger partial charge in [-0.25, -0.2) is 24.7 Å². The Morgan fingerprint density at radius 3 is 2.59 bits per heavy atom. The zero-order valence-corrected chi connectivity index (χ0v) is 18.6. The first-order valence-electron chi connectivity index (χ1n) is 11.3. The minimum Gasteiger partial charge on any atom is -0.471 e. The number of imidazole rings is 1. The lowest BCUT2D eigenvalue weighted by atomic mass is 10.1. The van der Waals surface area contributed by atoms with Crippen LogP contribution >= 0.6 is 0 Å². The van der Waals surface area contributed by atoms with Crippen LogP contribution in [0, 0.1) is 6.92 Å². The van der Waals surface area contributed by atoms with E-state index in [1.807, 2.05) is 28.2 Å². The van der Waals surface area contributed by atoms with Crippen molar-refractivity contribution < 1.29 is 9.53 Å². The number of aromatic nitrogens is 6. The van der Waals surface area contributed by atoms with E-state index in [-0.39, 0.29) is 12.1 Å². The van der Waals surface area contributed by atoms with Gasteiger partial charge in [-0.1, -0.05) is 0 Å². The van der Waals surface area contributed by atoms with Gasteiger partial charge in [-0.05, 0) is 33.1 Å². The molecular formula is C22H28N8O2. The maximum absolute atomic E-state index is 12.8. The van der Waals surface area contributed by atoms with E-state index in [0.717, 1.165) is 43.7 Å². The summed E-state index contributed by atoms with van der Waals surface area (Å²) in [5.41, 5.74) is 2.15. The molecule has 3 aromatic rings. The van der Waals surface area contributed by atoms with E-state index < -0.39 is 0 Å². The van der Waals surface area contributed by atoms with Crippen LogP contribution in [-0.2, 0) is 6.54 Å². The second-order valence-corrected chi connectivity index (χ2v) is 8.35. The molecule has 3 aromatic heterocycles. The van der Waals surface area contributed by atoms with Crippen molar-refractivity contribution in [2.24, 2.45) is 0 Å². The van der Waals surface area contributed by atoms with Crippen LogP contribution < -0.4 is 4.74 Å². The fourth-order valence-corrected chi connectivity index (χ4v) is 4.47. The fourth-order valence-electron chi connectivity index (χ4n) is 4.47. The summed E-state index contributed by atoms with van der Waals surface area (Å²) < 4.78 is 8.27. The van der Waals surface area contributed by atoms with Crippen LogP contribution in [0.4, 0.5) is 4.79 Å². The summed E-state index contributed by atoms with van der Waals surface area (Å²) in [5, 5.41) is 0. The zero-order valence-electron chi connectivity index (χ0n) is 18.6. The molecular weight excluding hydrogens is 408 g/mol. The maximum Gasteiger partial charge on any atom is 0.320 e. The molecule has 32 heavy (non-hydrogen) atoms. The lowest BCUT2D eigenvalue weighted by molar-refractivity contribution is 0.143. The molecule has 5 heterocycles. The second kappa shape index (κ2) is 8.68. The van der Waals surface area contributed by atoms with Gasteiger partial charge in [0.1, 0.15) is 24.1 Å². The van der Waals surface area contributed by atoms with Gasteiger partial charge in [0.05, 0.1) is 12.1 Å². The number of hydrogen-bond donors (Lipinski definition) is 0. The Morgan fingerprint density at radius 2 is 1.84 bits per heavy atom. The molecule has 0 radical (unpaired) electrons. The summed E-state index contributed by atoms with van der Waals surface area (Å²) >= 11 is 0. The van der Waals surface area contributed by atoms with Gasteiger partial charge in [0, 0.05) is 45.0 Å². The first-order valence-corrected chi connectivity index (χ1v) is 11.3. The monoisotopic (exact) mass is 436 g/mol. The van der Waals surface area contributed by atoms with Crippen LogP contribution in [0.2, 0.25) is 0 Å². The Kier molecular flexibility index (Phi) is 5.59. The van der Waals surface area contributed by atoms with Gasteiger partial charge >= 0.3 is 6.03 Å². The molecule has 0 bridgehead atoms. The Labute approximate surface area is 186 Å². The topological polar surface area (TPSA) is 102 Å². The summed E-state index contributed by atoms with van der Waals surface area (Å²) in [6, 6.07) is 0.126. The number of piperidine rings is 1. The molecule has 0 aromatic carbocycles. The van der Waals surface area contributed by atoms with Gasteiger partial charge in [0.25, 0.3) is 0 Å². The lowest BCUT2D eigenvalue weighted by Gasteiger charge is -2.30. The fraction of sp³-hybridized carbons (Fsp3) is 0.545. The Balaban J connectivity index is 1.37.